The Morgan fingerprint density at radius 3 is 2.49 bits per heavy atom. The highest BCUT2D eigenvalue weighted by atomic mass is 35.5. The highest BCUT2D eigenvalue weighted by molar-refractivity contribution is 6.45. The van der Waals surface area contributed by atoms with Crippen LogP contribution in [0.1, 0.15) is 31.9 Å². The number of anilines is 3. The molecule has 248 valence electrons. The zero-order valence-corrected chi connectivity index (χ0v) is 28.2. The van der Waals surface area contributed by atoms with E-state index in [1.54, 1.807) is 41.0 Å². The van der Waals surface area contributed by atoms with E-state index in [-0.39, 0.29) is 27.5 Å². The molecule has 1 fully saturated rings. The second-order valence-corrected chi connectivity index (χ2v) is 12.1. The summed E-state index contributed by atoms with van der Waals surface area (Å²) in [6.07, 6.45) is 5.21. The Labute approximate surface area is 283 Å². The number of nitrogens with one attached hydrogen (secondary N) is 3. The fraction of sp³-hybridized carbons (Fsp3) is 0.333. The smallest absolute Gasteiger partial charge is 0.324 e. The monoisotopic (exact) mass is 680 g/mol. The van der Waals surface area contributed by atoms with Gasteiger partial charge in [-0.3, -0.25) is 10.6 Å². The van der Waals surface area contributed by atoms with Crippen molar-refractivity contribution in [2.75, 3.05) is 50.2 Å². The summed E-state index contributed by atoms with van der Waals surface area (Å²) in [6, 6.07) is 15.2. The van der Waals surface area contributed by atoms with E-state index in [1.807, 2.05) is 44.4 Å². The standard InChI is InChI=1S/C33H38Cl2N8O4/c1-5-6-7-21-18-29(43(40-21)22-8-10-24(46-4)11-9-22)39-32(44)37-26-12-13-27(31(35)30(26)34)47-25-14-16-36-28(19-25)38-33(45)42-17-15-23(20-42)41(2)3/h8-14,16,18-19,23H,5-7,15,17,20H2,1-4H3,(H,36,38,45)(H2,37,39,44). The molecule has 5 rings (SSSR count). The van der Waals surface area contributed by atoms with E-state index in [0.717, 1.165) is 37.1 Å². The number of ether oxygens (including phenoxy) is 2. The van der Waals surface area contributed by atoms with Crippen molar-refractivity contribution >= 4 is 52.6 Å². The van der Waals surface area contributed by atoms with E-state index in [9.17, 15) is 9.59 Å². The second kappa shape index (κ2) is 15.4. The molecule has 2 aromatic heterocycles. The number of hydrogen-bond acceptors (Lipinski definition) is 7. The molecule has 0 saturated carbocycles. The van der Waals surface area contributed by atoms with E-state index in [0.29, 0.717) is 42.3 Å². The average molecular weight is 682 g/mol. The predicted molar refractivity (Wildman–Crippen MR) is 185 cm³/mol. The number of likely N-dealkylation sites (N-methyl/N-ethyl adjacent to an activating group) is 1. The number of pyridine rings is 1. The van der Waals surface area contributed by atoms with Crippen molar-refractivity contribution in [1.82, 2.24) is 24.6 Å². The lowest BCUT2D eigenvalue weighted by atomic mass is 10.2. The summed E-state index contributed by atoms with van der Waals surface area (Å²) in [7, 11) is 5.62. The SMILES string of the molecule is CCCCc1cc(NC(=O)Nc2ccc(Oc3ccnc(NC(=O)N4CCC(N(C)C)C4)c3)c(Cl)c2Cl)n(-c2ccc(OC)cc2)n1. The number of urea groups is 2. The number of aryl methyl sites for hydroxylation is 1. The van der Waals surface area contributed by atoms with Crippen molar-refractivity contribution in [3.63, 3.8) is 0 Å². The molecule has 1 atom stereocenters. The zero-order chi connectivity index (χ0) is 33.5. The van der Waals surface area contributed by atoms with Crippen LogP contribution in [0, 0.1) is 0 Å². The summed E-state index contributed by atoms with van der Waals surface area (Å²) in [5, 5.41) is 13.4. The van der Waals surface area contributed by atoms with Crippen molar-refractivity contribution in [3.05, 3.63) is 76.5 Å². The number of unbranched alkanes of at least 4 members (excludes halogenated alkanes) is 1. The van der Waals surface area contributed by atoms with Gasteiger partial charge in [-0.1, -0.05) is 36.5 Å². The summed E-state index contributed by atoms with van der Waals surface area (Å²) in [4.78, 5) is 34.0. The molecule has 4 amide bonds. The Kier molecular flexibility index (Phi) is 11.1. The average Bonchev–Trinajstić information content (AvgIpc) is 3.72. The number of carbonyl (C=O) groups excluding carboxylic acids is 2. The second-order valence-electron chi connectivity index (χ2n) is 11.3. The van der Waals surface area contributed by atoms with Crippen LogP contribution >= 0.6 is 23.2 Å². The molecule has 1 aliphatic rings. The van der Waals surface area contributed by atoms with E-state index in [4.69, 9.17) is 37.8 Å². The molecule has 0 radical (unpaired) electrons. The van der Waals surface area contributed by atoms with Crippen LogP contribution in [-0.4, -0.2) is 77.0 Å². The van der Waals surface area contributed by atoms with Crippen molar-refractivity contribution in [2.45, 2.75) is 38.6 Å². The van der Waals surface area contributed by atoms with Gasteiger partial charge in [-0.2, -0.15) is 5.10 Å². The largest absolute Gasteiger partial charge is 0.497 e. The molecule has 12 nitrogen and oxygen atoms in total. The number of methoxy groups -OCH3 is 1. The summed E-state index contributed by atoms with van der Waals surface area (Å²) in [5.74, 6) is 2.20. The zero-order valence-electron chi connectivity index (χ0n) is 26.7. The van der Waals surface area contributed by atoms with Crippen molar-refractivity contribution in [1.29, 1.82) is 0 Å². The fourth-order valence-corrected chi connectivity index (χ4v) is 5.51. The number of rotatable bonds is 11. The van der Waals surface area contributed by atoms with Gasteiger partial charge < -0.3 is 24.6 Å². The van der Waals surface area contributed by atoms with E-state index in [1.165, 1.54) is 6.20 Å². The molecule has 1 unspecified atom stereocenters. The predicted octanol–water partition coefficient (Wildman–Crippen LogP) is 7.53. The van der Waals surface area contributed by atoms with E-state index < -0.39 is 6.03 Å². The summed E-state index contributed by atoms with van der Waals surface area (Å²) in [5.41, 5.74) is 1.90. The molecule has 14 heteroatoms. The van der Waals surface area contributed by atoms with Crippen molar-refractivity contribution in [3.8, 4) is 22.9 Å². The molecule has 3 heterocycles. The van der Waals surface area contributed by atoms with Crippen LogP contribution in [0.3, 0.4) is 0 Å². The van der Waals surface area contributed by atoms with Crippen LogP contribution in [0.15, 0.2) is 60.8 Å². The van der Waals surface area contributed by atoms with Crippen LogP contribution in [-0.2, 0) is 6.42 Å². The maximum atomic E-state index is 13.1. The van der Waals surface area contributed by atoms with Crippen molar-refractivity contribution in [2.24, 2.45) is 0 Å². The first-order valence-electron chi connectivity index (χ1n) is 15.3. The fourth-order valence-electron chi connectivity index (χ4n) is 5.10. The Balaban J connectivity index is 1.25. The lowest BCUT2D eigenvalue weighted by molar-refractivity contribution is 0.216. The van der Waals surface area contributed by atoms with Gasteiger partial charge in [-0.25, -0.2) is 19.3 Å². The summed E-state index contributed by atoms with van der Waals surface area (Å²) >= 11 is 13.1. The third kappa shape index (κ3) is 8.45. The van der Waals surface area contributed by atoms with Crippen LogP contribution in [0.4, 0.5) is 26.9 Å². The lowest BCUT2D eigenvalue weighted by Crippen LogP contribution is -2.36. The number of carbonyl (C=O) groups is 2. The van der Waals surface area contributed by atoms with Gasteiger partial charge in [0, 0.05) is 37.5 Å². The quantitative estimate of drug-likeness (QED) is 0.149. The molecule has 2 aromatic carbocycles. The van der Waals surface area contributed by atoms with Gasteiger partial charge >= 0.3 is 12.1 Å². The van der Waals surface area contributed by atoms with Gasteiger partial charge in [0.05, 0.1) is 29.2 Å². The first kappa shape index (κ1) is 33.8. The Hall–Kier alpha value is -4.52. The number of hydrogen-bond donors (Lipinski definition) is 3. The number of likely N-dealkylation sites (tertiary alicyclic amines) is 1. The van der Waals surface area contributed by atoms with Crippen LogP contribution in [0.25, 0.3) is 5.69 Å². The summed E-state index contributed by atoms with van der Waals surface area (Å²) < 4.78 is 12.9. The van der Waals surface area contributed by atoms with E-state index in [2.05, 4.69) is 32.8 Å². The molecule has 0 spiro atoms. The molecule has 3 N–H and O–H groups in total. The highest BCUT2D eigenvalue weighted by Gasteiger charge is 2.27. The maximum absolute atomic E-state index is 13.1. The number of nitrogens with zero attached hydrogens (tertiary/aromatic N) is 5. The first-order chi connectivity index (χ1) is 22.6. The van der Waals surface area contributed by atoms with Gasteiger partial charge in [0.25, 0.3) is 0 Å². The van der Waals surface area contributed by atoms with Gasteiger partial charge in [0.2, 0.25) is 0 Å². The minimum absolute atomic E-state index is 0.0960. The van der Waals surface area contributed by atoms with Crippen LogP contribution in [0.5, 0.6) is 17.2 Å². The lowest BCUT2D eigenvalue weighted by Gasteiger charge is -2.20. The normalized spacial score (nSPS) is 14.3. The Bertz CT molecular complexity index is 1710. The summed E-state index contributed by atoms with van der Waals surface area (Å²) in [6.45, 7) is 3.43. The highest BCUT2D eigenvalue weighted by Crippen LogP contribution is 2.40. The van der Waals surface area contributed by atoms with Crippen LogP contribution in [0.2, 0.25) is 10.0 Å². The van der Waals surface area contributed by atoms with Gasteiger partial charge in [-0.05, 0) is 75.8 Å². The minimum atomic E-state index is -0.530. The number of amides is 4. The Morgan fingerprint density at radius 1 is 1.00 bits per heavy atom. The van der Waals surface area contributed by atoms with Crippen LogP contribution < -0.4 is 25.4 Å². The van der Waals surface area contributed by atoms with E-state index >= 15 is 0 Å². The van der Waals surface area contributed by atoms with Gasteiger partial charge in [-0.15, -0.1) is 0 Å². The van der Waals surface area contributed by atoms with Crippen molar-refractivity contribution < 1.29 is 19.1 Å². The topological polar surface area (TPSA) is 126 Å². The Morgan fingerprint density at radius 2 is 1.79 bits per heavy atom. The van der Waals surface area contributed by atoms with Gasteiger partial charge in [0.15, 0.2) is 0 Å². The van der Waals surface area contributed by atoms with Gasteiger partial charge in [0.1, 0.15) is 33.9 Å². The molecule has 1 aliphatic heterocycles. The minimum Gasteiger partial charge on any atom is -0.497 e. The molecule has 0 bridgehead atoms. The molecule has 1 saturated heterocycles. The molecular weight excluding hydrogens is 643 g/mol. The molecule has 4 aromatic rings. The third-order valence-corrected chi connectivity index (χ3v) is 8.64. The molecule has 0 aliphatic carbocycles. The third-order valence-electron chi connectivity index (χ3n) is 7.78. The number of halogens is 2. The molecular formula is C33H38Cl2N8O4. The number of aromatic nitrogens is 3. The molecule has 47 heavy (non-hydrogen) atoms. The number of benzene rings is 2. The first-order valence-corrected chi connectivity index (χ1v) is 16.1. The maximum Gasteiger partial charge on any atom is 0.324 e.